The van der Waals surface area contributed by atoms with Crippen molar-refractivity contribution in [1.29, 1.82) is 0 Å². The normalized spacial score (nSPS) is 31.3. The predicted molar refractivity (Wildman–Crippen MR) is 107 cm³/mol. The molecule has 1 aliphatic heterocycles. The van der Waals surface area contributed by atoms with E-state index < -0.39 is 5.97 Å². The van der Waals surface area contributed by atoms with Gasteiger partial charge in [0, 0.05) is 6.08 Å². The van der Waals surface area contributed by atoms with E-state index >= 15 is 0 Å². The van der Waals surface area contributed by atoms with Gasteiger partial charge in [0.2, 0.25) is 0 Å². The minimum absolute atomic E-state index is 0.0790. The van der Waals surface area contributed by atoms with Gasteiger partial charge in [0.15, 0.2) is 5.78 Å². The summed E-state index contributed by atoms with van der Waals surface area (Å²) in [5, 5.41) is 0. The average molecular weight is 378 g/mol. The summed E-state index contributed by atoms with van der Waals surface area (Å²) in [7, 11) is 1.54. The summed E-state index contributed by atoms with van der Waals surface area (Å²) >= 11 is 0. The molecule has 2 fully saturated rings. The number of methoxy groups -OCH3 is 1. The number of allylic oxidation sites excluding steroid dienone is 4. The van der Waals surface area contributed by atoms with Crippen molar-refractivity contribution >= 4 is 17.5 Å². The van der Waals surface area contributed by atoms with Gasteiger partial charge in [0.1, 0.15) is 17.1 Å². The molecule has 4 rings (SSSR count). The average Bonchev–Trinajstić information content (AvgIpc) is 3.00. The molecule has 28 heavy (non-hydrogen) atoms. The van der Waals surface area contributed by atoms with E-state index in [4.69, 9.17) is 9.47 Å². The molecule has 2 aliphatic carbocycles. The van der Waals surface area contributed by atoms with Crippen LogP contribution < -0.4 is 4.74 Å². The molecular formula is C24H26O4. The number of fused-ring (bicyclic) bond motifs is 2. The zero-order chi connectivity index (χ0) is 20.1. The van der Waals surface area contributed by atoms with Crippen LogP contribution >= 0.6 is 0 Å². The second kappa shape index (κ2) is 6.47. The van der Waals surface area contributed by atoms with Gasteiger partial charge in [-0.05, 0) is 54.2 Å². The Balaban J connectivity index is 1.64. The summed E-state index contributed by atoms with van der Waals surface area (Å²) in [6.45, 7) is 6.98. The largest absolute Gasteiger partial charge is 0.496 e. The number of cyclic esters (lactones) is 1. The van der Waals surface area contributed by atoms with Crippen LogP contribution in [0.5, 0.6) is 5.75 Å². The van der Waals surface area contributed by atoms with E-state index in [0.29, 0.717) is 17.2 Å². The quantitative estimate of drug-likeness (QED) is 0.428. The summed E-state index contributed by atoms with van der Waals surface area (Å²) in [6, 6.07) is 7.16. The first-order valence-corrected chi connectivity index (χ1v) is 9.81. The lowest BCUT2D eigenvalue weighted by molar-refractivity contribution is -0.134. The highest BCUT2D eigenvalue weighted by atomic mass is 16.5. The summed E-state index contributed by atoms with van der Waals surface area (Å²) in [4.78, 5) is 25.2. The Morgan fingerprint density at radius 3 is 2.50 bits per heavy atom. The Morgan fingerprint density at radius 1 is 1.14 bits per heavy atom. The van der Waals surface area contributed by atoms with Crippen LogP contribution in [0.2, 0.25) is 0 Å². The van der Waals surface area contributed by atoms with Gasteiger partial charge in [0.25, 0.3) is 0 Å². The maximum absolute atomic E-state index is 12.6. The summed E-state index contributed by atoms with van der Waals surface area (Å²) in [5.41, 5.74) is 2.39. The van der Waals surface area contributed by atoms with Gasteiger partial charge in [-0.3, -0.25) is 4.79 Å². The third kappa shape index (κ3) is 2.66. The van der Waals surface area contributed by atoms with Crippen molar-refractivity contribution in [1.82, 2.24) is 0 Å². The molecule has 2 saturated carbocycles. The number of hydrogen-bond acceptors (Lipinski definition) is 4. The Labute approximate surface area is 165 Å². The highest BCUT2D eigenvalue weighted by Gasteiger charge is 2.58. The van der Waals surface area contributed by atoms with Crippen LogP contribution in [0.1, 0.15) is 45.6 Å². The second-order valence-electron chi connectivity index (χ2n) is 8.73. The third-order valence-corrected chi connectivity index (χ3v) is 7.38. The Bertz CT molecular complexity index is 947. The van der Waals surface area contributed by atoms with E-state index in [2.05, 4.69) is 20.8 Å². The first-order valence-electron chi connectivity index (χ1n) is 9.81. The fourth-order valence-corrected chi connectivity index (χ4v) is 5.07. The fourth-order valence-electron chi connectivity index (χ4n) is 5.07. The SMILES string of the molecule is COc1ccccc1C1=CC(=O)/C(=C\C=C2/C[C@@H]3CC[C@@]2(C)C3(C)C)C(=O)O1. The lowest BCUT2D eigenvalue weighted by atomic mass is 9.69. The monoisotopic (exact) mass is 378 g/mol. The van der Waals surface area contributed by atoms with Crippen LogP contribution in [0.15, 0.2) is 53.6 Å². The van der Waals surface area contributed by atoms with Crippen molar-refractivity contribution in [3.63, 3.8) is 0 Å². The molecule has 2 bridgehead atoms. The molecule has 0 saturated heterocycles. The number of esters is 1. The maximum Gasteiger partial charge on any atom is 0.347 e. The van der Waals surface area contributed by atoms with E-state index in [-0.39, 0.29) is 27.9 Å². The first kappa shape index (κ1) is 18.7. The molecule has 0 unspecified atom stereocenters. The lowest BCUT2D eigenvalue weighted by Crippen LogP contribution is -2.28. The number of benzene rings is 1. The Kier molecular flexibility index (Phi) is 4.33. The number of carbonyl (C=O) groups is 2. The number of rotatable bonds is 3. The number of hydrogen-bond donors (Lipinski definition) is 0. The van der Waals surface area contributed by atoms with E-state index in [9.17, 15) is 9.59 Å². The topological polar surface area (TPSA) is 52.6 Å². The molecule has 3 aliphatic rings. The minimum atomic E-state index is -0.613. The molecule has 4 heteroatoms. The van der Waals surface area contributed by atoms with E-state index in [1.54, 1.807) is 25.3 Å². The first-order chi connectivity index (χ1) is 13.3. The highest BCUT2D eigenvalue weighted by Crippen LogP contribution is 2.67. The van der Waals surface area contributed by atoms with Crippen molar-refractivity contribution in [3.05, 3.63) is 59.2 Å². The van der Waals surface area contributed by atoms with E-state index in [0.717, 1.165) is 12.8 Å². The summed E-state index contributed by atoms with van der Waals surface area (Å²) in [6.07, 6.45) is 8.46. The van der Waals surface area contributed by atoms with Crippen LogP contribution in [0, 0.1) is 16.7 Å². The predicted octanol–water partition coefficient (Wildman–Crippen LogP) is 4.86. The van der Waals surface area contributed by atoms with Crippen LogP contribution in [0.3, 0.4) is 0 Å². The lowest BCUT2D eigenvalue weighted by Gasteiger charge is -2.35. The van der Waals surface area contributed by atoms with Gasteiger partial charge in [-0.1, -0.05) is 44.6 Å². The van der Waals surface area contributed by atoms with Crippen LogP contribution in [-0.2, 0) is 14.3 Å². The molecule has 2 atom stereocenters. The summed E-state index contributed by atoms with van der Waals surface area (Å²) < 4.78 is 10.8. The summed E-state index contributed by atoms with van der Waals surface area (Å²) in [5.74, 6) is 0.513. The molecule has 0 radical (unpaired) electrons. The van der Waals surface area contributed by atoms with Gasteiger partial charge < -0.3 is 9.47 Å². The Hall–Kier alpha value is -2.62. The standard InChI is InChI=1S/C24H26O4/c1-23(2)15-11-12-24(23,3)16(13-15)9-10-17-19(25)14-21(28-22(17)26)18-7-5-6-8-20(18)27-4/h5-10,14-15H,11-13H2,1-4H3/b16-9+,17-10+/t15-,24+/m0/s1. The molecule has 0 spiro atoms. The van der Waals surface area contributed by atoms with Gasteiger partial charge in [-0.25, -0.2) is 4.79 Å². The van der Waals surface area contributed by atoms with Crippen molar-refractivity contribution in [2.75, 3.05) is 7.11 Å². The van der Waals surface area contributed by atoms with Gasteiger partial charge >= 0.3 is 5.97 Å². The van der Waals surface area contributed by atoms with Crippen LogP contribution in [0.4, 0.5) is 0 Å². The number of ether oxygens (including phenoxy) is 2. The molecule has 146 valence electrons. The Morgan fingerprint density at radius 2 is 1.89 bits per heavy atom. The third-order valence-electron chi connectivity index (χ3n) is 7.38. The van der Waals surface area contributed by atoms with Gasteiger partial charge in [-0.2, -0.15) is 0 Å². The molecule has 0 N–H and O–H groups in total. The zero-order valence-corrected chi connectivity index (χ0v) is 16.9. The molecule has 1 heterocycles. The molecule has 1 aromatic carbocycles. The molecule has 1 aromatic rings. The number of carbonyl (C=O) groups excluding carboxylic acids is 2. The van der Waals surface area contributed by atoms with Crippen molar-refractivity contribution in [2.45, 2.75) is 40.0 Å². The van der Waals surface area contributed by atoms with Gasteiger partial charge in [0.05, 0.1) is 12.7 Å². The fraction of sp³-hybridized carbons (Fsp3) is 0.417. The zero-order valence-electron chi connectivity index (χ0n) is 16.9. The minimum Gasteiger partial charge on any atom is -0.496 e. The van der Waals surface area contributed by atoms with Crippen molar-refractivity contribution in [3.8, 4) is 5.75 Å². The number of para-hydroxylation sites is 1. The van der Waals surface area contributed by atoms with E-state index in [1.807, 2.05) is 18.2 Å². The van der Waals surface area contributed by atoms with Crippen LogP contribution in [0.25, 0.3) is 5.76 Å². The molecule has 0 amide bonds. The van der Waals surface area contributed by atoms with Crippen LogP contribution in [-0.4, -0.2) is 18.9 Å². The highest BCUT2D eigenvalue weighted by molar-refractivity contribution is 6.26. The smallest absolute Gasteiger partial charge is 0.347 e. The number of ketones is 1. The maximum atomic E-state index is 12.6. The molecular weight excluding hydrogens is 352 g/mol. The molecule has 4 nitrogen and oxygen atoms in total. The van der Waals surface area contributed by atoms with Gasteiger partial charge in [-0.15, -0.1) is 0 Å². The van der Waals surface area contributed by atoms with Crippen molar-refractivity contribution < 1.29 is 19.1 Å². The molecule has 0 aromatic heterocycles. The van der Waals surface area contributed by atoms with Crippen molar-refractivity contribution in [2.24, 2.45) is 16.7 Å². The second-order valence-corrected chi connectivity index (χ2v) is 8.73. The van der Waals surface area contributed by atoms with E-state index in [1.165, 1.54) is 18.1 Å².